The van der Waals surface area contributed by atoms with E-state index < -0.39 is 36.2 Å². The standard InChI is InChI=1S/C22H22N2O6/c1-30-17-9-7-15(8-10-17)14-23(19(25)11-12-21(27)28)18-13-20(26)24(22(18)29)16-5-3-2-4-6-16/h2-10,18H,11-14H2,1H3,(H,27,28)/p-1/t18-/m0/s1. The van der Waals surface area contributed by atoms with E-state index in [0.29, 0.717) is 11.4 Å². The average molecular weight is 409 g/mol. The number of ether oxygens (including phenoxy) is 1. The van der Waals surface area contributed by atoms with Crippen LogP contribution in [-0.4, -0.2) is 41.7 Å². The van der Waals surface area contributed by atoms with Gasteiger partial charge in [-0.2, -0.15) is 0 Å². The predicted octanol–water partition coefficient (Wildman–Crippen LogP) is 0.886. The van der Waals surface area contributed by atoms with Crippen molar-refractivity contribution < 1.29 is 29.0 Å². The van der Waals surface area contributed by atoms with Crippen LogP contribution in [0.4, 0.5) is 5.69 Å². The average Bonchev–Trinajstić information content (AvgIpc) is 3.05. The Morgan fingerprint density at radius 2 is 1.73 bits per heavy atom. The van der Waals surface area contributed by atoms with Crippen molar-refractivity contribution in [1.29, 1.82) is 0 Å². The fourth-order valence-electron chi connectivity index (χ4n) is 3.36. The monoisotopic (exact) mass is 409 g/mol. The summed E-state index contributed by atoms with van der Waals surface area (Å²) in [5, 5.41) is 10.8. The molecule has 0 unspecified atom stereocenters. The minimum absolute atomic E-state index is 0.0577. The minimum Gasteiger partial charge on any atom is -0.550 e. The van der Waals surface area contributed by atoms with Gasteiger partial charge in [-0.25, -0.2) is 4.90 Å². The number of imide groups is 1. The van der Waals surface area contributed by atoms with Gasteiger partial charge in [0.15, 0.2) is 0 Å². The Kier molecular flexibility index (Phi) is 6.46. The molecule has 1 saturated heterocycles. The van der Waals surface area contributed by atoms with Crippen molar-refractivity contribution in [2.45, 2.75) is 31.8 Å². The lowest BCUT2D eigenvalue weighted by Crippen LogP contribution is -2.45. The van der Waals surface area contributed by atoms with E-state index in [4.69, 9.17) is 4.74 Å². The molecule has 8 heteroatoms. The fraction of sp³-hybridized carbons (Fsp3) is 0.273. The van der Waals surface area contributed by atoms with E-state index in [1.807, 2.05) is 0 Å². The zero-order valence-electron chi connectivity index (χ0n) is 16.4. The number of hydrogen-bond donors (Lipinski definition) is 0. The predicted molar refractivity (Wildman–Crippen MR) is 105 cm³/mol. The second-order valence-corrected chi connectivity index (χ2v) is 6.86. The lowest BCUT2D eigenvalue weighted by atomic mass is 10.1. The maximum Gasteiger partial charge on any atom is 0.257 e. The highest BCUT2D eigenvalue weighted by molar-refractivity contribution is 6.23. The smallest absolute Gasteiger partial charge is 0.257 e. The van der Waals surface area contributed by atoms with Crippen LogP contribution in [0.2, 0.25) is 0 Å². The largest absolute Gasteiger partial charge is 0.550 e. The molecule has 0 saturated carbocycles. The van der Waals surface area contributed by atoms with Crippen LogP contribution in [0.3, 0.4) is 0 Å². The van der Waals surface area contributed by atoms with Gasteiger partial charge in [0.05, 0.1) is 19.2 Å². The Morgan fingerprint density at radius 1 is 1.07 bits per heavy atom. The maximum atomic E-state index is 13.1. The van der Waals surface area contributed by atoms with E-state index in [9.17, 15) is 24.3 Å². The number of aliphatic carboxylic acids is 1. The molecular weight excluding hydrogens is 388 g/mol. The van der Waals surface area contributed by atoms with Crippen LogP contribution < -0.4 is 14.7 Å². The molecule has 30 heavy (non-hydrogen) atoms. The quantitative estimate of drug-likeness (QED) is 0.599. The van der Waals surface area contributed by atoms with E-state index in [-0.39, 0.29) is 19.4 Å². The maximum absolute atomic E-state index is 13.1. The molecule has 1 heterocycles. The Bertz CT molecular complexity index is 942. The summed E-state index contributed by atoms with van der Waals surface area (Å²) in [4.78, 5) is 51.6. The number of anilines is 1. The molecule has 0 N–H and O–H groups in total. The fourth-order valence-corrected chi connectivity index (χ4v) is 3.36. The lowest BCUT2D eigenvalue weighted by molar-refractivity contribution is -0.305. The van der Waals surface area contributed by atoms with Crippen molar-refractivity contribution in [3.63, 3.8) is 0 Å². The summed E-state index contributed by atoms with van der Waals surface area (Å²) in [5.74, 6) is -2.18. The molecule has 0 aromatic heterocycles. The first-order chi connectivity index (χ1) is 14.4. The number of benzene rings is 2. The summed E-state index contributed by atoms with van der Waals surface area (Å²) in [7, 11) is 1.53. The van der Waals surface area contributed by atoms with E-state index in [1.165, 1.54) is 12.0 Å². The number of carbonyl (C=O) groups is 4. The first-order valence-corrected chi connectivity index (χ1v) is 9.45. The number of rotatable bonds is 8. The van der Waals surface area contributed by atoms with E-state index in [2.05, 4.69) is 0 Å². The molecule has 1 aliphatic rings. The third-order valence-electron chi connectivity index (χ3n) is 4.89. The molecule has 8 nitrogen and oxygen atoms in total. The van der Waals surface area contributed by atoms with Gasteiger partial charge in [0.25, 0.3) is 5.91 Å². The summed E-state index contributed by atoms with van der Waals surface area (Å²) in [6.07, 6.45) is -0.946. The molecule has 1 aliphatic heterocycles. The van der Waals surface area contributed by atoms with Crippen LogP contribution in [-0.2, 0) is 25.7 Å². The highest BCUT2D eigenvalue weighted by Crippen LogP contribution is 2.27. The molecule has 0 radical (unpaired) electrons. The summed E-state index contributed by atoms with van der Waals surface area (Å²) >= 11 is 0. The van der Waals surface area contributed by atoms with Gasteiger partial charge in [-0.1, -0.05) is 30.3 Å². The van der Waals surface area contributed by atoms with Gasteiger partial charge in [-0.3, -0.25) is 14.4 Å². The zero-order valence-corrected chi connectivity index (χ0v) is 16.4. The molecule has 2 aromatic rings. The SMILES string of the molecule is COc1ccc(CN(C(=O)CCC(=O)[O-])[C@H]2CC(=O)N(c3ccccc3)C2=O)cc1. The van der Waals surface area contributed by atoms with Crippen LogP contribution in [0.15, 0.2) is 54.6 Å². The van der Waals surface area contributed by atoms with E-state index in [1.54, 1.807) is 54.6 Å². The Balaban J connectivity index is 1.86. The third-order valence-corrected chi connectivity index (χ3v) is 4.89. The zero-order chi connectivity index (χ0) is 21.7. The summed E-state index contributed by atoms with van der Waals surface area (Å²) in [6, 6.07) is 14.4. The van der Waals surface area contributed by atoms with Crippen LogP contribution in [0.25, 0.3) is 0 Å². The topological polar surface area (TPSA) is 107 Å². The van der Waals surface area contributed by atoms with Gasteiger partial charge in [-0.15, -0.1) is 0 Å². The molecule has 2 aromatic carbocycles. The minimum atomic E-state index is -1.35. The van der Waals surface area contributed by atoms with Crippen LogP contribution >= 0.6 is 0 Å². The number of carboxylic acid groups (broad SMARTS) is 1. The molecule has 1 fully saturated rings. The number of nitrogens with zero attached hydrogens (tertiary/aromatic N) is 2. The van der Waals surface area contributed by atoms with Crippen molar-refractivity contribution in [3.05, 3.63) is 60.2 Å². The van der Waals surface area contributed by atoms with Crippen molar-refractivity contribution in [3.8, 4) is 5.75 Å². The number of para-hydroxylation sites is 1. The molecule has 0 aliphatic carbocycles. The number of methoxy groups -OCH3 is 1. The normalized spacial score (nSPS) is 15.9. The summed E-state index contributed by atoms with van der Waals surface area (Å²) in [5.41, 5.74) is 1.15. The van der Waals surface area contributed by atoms with E-state index >= 15 is 0 Å². The highest BCUT2D eigenvalue weighted by atomic mass is 16.5. The van der Waals surface area contributed by atoms with E-state index in [0.717, 1.165) is 10.5 Å². The summed E-state index contributed by atoms with van der Waals surface area (Å²) in [6.45, 7) is 0.0577. The Hall–Kier alpha value is -3.68. The van der Waals surface area contributed by atoms with Crippen molar-refractivity contribution >= 4 is 29.4 Å². The Labute approximate surface area is 173 Å². The van der Waals surface area contributed by atoms with Gasteiger partial charge in [-0.05, 0) is 36.2 Å². The molecule has 0 bridgehead atoms. The second-order valence-electron chi connectivity index (χ2n) is 6.86. The number of amides is 3. The highest BCUT2D eigenvalue weighted by Gasteiger charge is 2.44. The molecule has 0 spiro atoms. The van der Waals surface area contributed by atoms with Crippen molar-refractivity contribution in [1.82, 2.24) is 4.90 Å². The Morgan fingerprint density at radius 3 is 2.33 bits per heavy atom. The number of carbonyl (C=O) groups excluding carboxylic acids is 4. The molecule has 156 valence electrons. The van der Waals surface area contributed by atoms with Crippen LogP contribution in [0.1, 0.15) is 24.8 Å². The van der Waals surface area contributed by atoms with Crippen LogP contribution in [0.5, 0.6) is 5.75 Å². The van der Waals surface area contributed by atoms with Crippen molar-refractivity contribution in [2.24, 2.45) is 0 Å². The van der Waals surface area contributed by atoms with Crippen molar-refractivity contribution in [2.75, 3.05) is 12.0 Å². The second kappa shape index (κ2) is 9.21. The first kappa shape index (κ1) is 21.0. The molecule has 1 atom stereocenters. The number of hydrogen-bond acceptors (Lipinski definition) is 6. The lowest BCUT2D eigenvalue weighted by Gasteiger charge is -2.28. The van der Waals surface area contributed by atoms with Crippen LogP contribution in [0, 0.1) is 0 Å². The van der Waals surface area contributed by atoms with Gasteiger partial charge in [0.1, 0.15) is 11.8 Å². The number of carboxylic acids is 1. The van der Waals surface area contributed by atoms with Gasteiger partial charge < -0.3 is 19.5 Å². The molecular formula is C22H21N2O6-. The molecule has 3 rings (SSSR count). The van der Waals surface area contributed by atoms with Gasteiger partial charge >= 0.3 is 0 Å². The third kappa shape index (κ3) is 4.65. The molecule has 3 amide bonds. The van der Waals surface area contributed by atoms with Gasteiger partial charge in [0.2, 0.25) is 11.8 Å². The van der Waals surface area contributed by atoms with Gasteiger partial charge in [0, 0.05) is 18.9 Å². The first-order valence-electron chi connectivity index (χ1n) is 9.45. The summed E-state index contributed by atoms with van der Waals surface area (Å²) < 4.78 is 5.12.